The van der Waals surface area contributed by atoms with Gasteiger partial charge < -0.3 is 9.73 Å². The zero-order valence-electron chi connectivity index (χ0n) is 12.1. The van der Waals surface area contributed by atoms with E-state index in [0.29, 0.717) is 0 Å². The number of aryl methyl sites for hydroxylation is 2. The minimum Gasteiger partial charge on any atom is -0.469 e. The summed E-state index contributed by atoms with van der Waals surface area (Å²) in [6, 6.07) is 11.2. The molecule has 1 aromatic carbocycles. The van der Waals surface area contributed by atoms with E-state index in [1.807, 2.05) is 20.2 Å². The predicted molar refractivity (Wildman–Crippen MR) is 79.4 cm³/mol. The van der Waals surface area contributed by atoms with Gasteiger partial charge in [0.25, 0.3) is 0 Å². The highest BCUT2D eigenvalue weighted by atomic mass is 16.3. The summed E-state index contributed by atoms with van der Waals surface area (Å²) in [6.07, 6.45) is 5.51. The van der Waals surface area contributed by atoms with Crippen molar-refractivity contribution in [3.05, 3.63) is 59.0 Å². The van der Waals surface area contributed by atoms with Crippen LogP contribution in [-0.2, 0) is 6.42 Å². The molecule has 0 aliphatic rings. The van der Waals surface area contributed by atoms with Crippen LogP contribution >= 0.6 is 0 Å². The number of hydrogen-bond acceptors (Lipinski definition) is 2. The molecule has 1 atom stereocenters. The Kier molecular flexibility index (Phi) is 4.80. The number of rotatable bonds is 6. The Bertz CT molecular complexity index is 498. The van der Waals surface area contributed by atoms with Crippen LogP contribution < -0.4 is 5.32 Å². The van der Waals surface area contributed by atoms with Crippen LogP contribution in [0.1, 0.15) is 48.3 Å². The molecule has 0 bridgehead atoms. The summed E-state index contributed by atoms with van der Waals surface area (Å²) in [5, 5.41) is 3.35. The van der Waals surface area contributed by atoms with Crippen LogP contribution in [-0.4, -0.2) is 7.05 Å². The van der Waals surface area contributed by atoms with E-state index in [1.54, 1.807) is 0 Å². The van der Waals surface area contributed by atoms with Gasteiger partial charge in [0.2, 0.25) is 0 Å². The van der Waals surface area contributed by atoms with Gasteiger partial charge in [0, 0.05) is 5.56 Å². The van der Waals surface area contributed by atoms with Gasteiger partial charge in [0.05, 0.1) is 12.3 Å². The SMILES string of the molecule is CCCCc1ccc(C(NC)c2coc(C)c2)cc1. The van der Waals surface area contributed by atoms with Crippen LogP contribution in [0.15, 0.2) is 41.0 Å². The Morgan fingerprint density at radius 3 is 2.42 bits per heavy atom. The summed E-state index contributed by atoms with van der Waals surface area (Å²) in [7, 11) is 1.98. The monoisotopic (exact) mass is 257 g/mol. The second-order valence-electron chi connectivity index (χ2n) is 5.06. The van der Waals surface area contributed by atoms with Crippen molar-refractivity contribution < 1.29 is 4.42 Å². The molecule has 0 spiro atoms. The zero-order valence-corrected chi connectivity index (χ0v) is 12.1. The lowest BCUT2D eigenvalue weighted by Crippen LogP contribution is -2.16. The summed E-state index contributed by atoms with van der Waals surface area (Å²) in [5.41, 5.74) is 3.88. The van der Waals surface area contributed by atoms with Crippen molar-refractivity contribution in [3.8, 4) is 0 Å². The lowest BCUT2D eigenvalue weighted by Gasteiger charge is -2.15. The van der Waals surface area contributed by atoms with E-state index in [2.05, 4.69) is 42.6 Å². The molecule has 1 N–H and O–H groups in total. The first-order valence-corrected chi connectivity index (χ1v) is 7.05. The van der Waals surface area contributed by atoms with Crippen LogP contribution in [0, 0.1) is 6.92 Å². The Morgan fingerprint density at radius 2 is 1.89 bits per heavy atom. The van der Waals surface area contributed by atoms with Crippen LogP contribution in [0.3, 0.4) is 0 Å². The minimum absolute atomic E-state index is 0.206. The van der Waals surface area contributed by atoms with Crippen molar-refractivity contribution >= 4 is 0 Å². The first kappa shape index (κ1) is 13.9. The van der Waals surface area contributed by atoms with Crippen LogP contribution in [0.5, 0.6) is 0 Å². The topological polar surface area (TPSA) is 25.2 Å². The molecule has 2 nitrogen and oxygen atoms in total. The largest absolute Gasteiger partial charge is 0.469 e. The first-order valence-electron chi connectivity index (χ1n) is 7.05. The number of hydrogen-bond donors (Lipinski definition) is 1. The van der Waals surface area contributed by atoms with Gasteiger partial charge in [-0.25, -0.2) is 0 Å². The van der Waals surface area contributed by atoms with Crippen LogP contribution in [0.25, 0.3) is 0 Å². The quantitative estimate of drug-likeness (QED) is 0.837. The van der Waals surface area contributed by atoms with E-state index in [1.165, 1.54) is 36.0 Å². The molecular weight excluding hydrogens is 234 g/mol. The zero-order chi connectivity index (χ0) is 13.7. The molecule has 2 rings (SSSR count). The van der Waals surface area contributed by atoms with Crippen LogP contribution in [0.4, 0.5) is 0 Å². The van der Waals surface area contributed by atoms with Crippen LogP contribution in [0.2, 0.25) is 0 Å². The number of nitrogens with one attached hydrogen (secondary N) is 1. The molecule has 102 valence electrons. The van der Waals surface area contributed by atoms with Crippen molar-refractivity contribution in [2.45, 2.75) is 39.2 Å². The molecule has 0 fully saturated rings. The second-order valence-corrected chi connectivity index (χ2v) is 5.06. The molecule has 19 heavy (non-hydrogen) atoms. The average molecular weight is 257 g/mol. The van der Waals surface area contributed by atoms with E-state index < -0.39 is 0 Å². The number of unbranched alkanes of at least 4 members (excludes halogenated alkanes) is 1. The van der Waals surface area contributed by atoms with Gasteiger partial charge in [-0.1, -0.05) is 37.6 Å². The van der Waals surface area contributed by atoms with Crippen molar-refractivity contribution in [2.75, 3.05) is 7.05 Å². The normalized spacial score (nSPS) is 12.6. The third-order valence-corrected chi connectivity index (χ3v) is 3.50. The molecule has 0 radical (unpaired) electrons. The van der Waals surface area contributed by atoms with Gasteiger partial charge in [0.1, 0.15) is 5.76 Å². The lowest BCUT2D eigenvalue weighted by molar-refractivity contribution is 0.528. The summed E-state index contributed by atoms with van der Waals surface area (Å²) in [5.74, 6) is 0.954. The third-order valence-electron chi connectivity index (χ3n) is 3.50. The van der Waals surface area contributed by atoms with E-state index in [-0.39, 0.29) is 6.04 Å². The highest BCUT2D eigenvalue weighted by Crippen LogP contribution is 2.24. The van der Waals surface area contributed by atoms with Gasteiger partial charge in [-0.2, -0.15) is 0 Å². The minimum atomic E-state index is 0.206. The smallest absolute Gasteiger partial charge is 0.101 e. The fraction of sp³-hybridized carbons (Fsp3) is 0.412. The van der Waals surface area contributed by atoms with Crippen molar-refractivity contribution in [2.24, 2.45) is 0 Å². The fourth-order valence-electron chi connectivity index (χ4n) is 2.40. The molecule has 1 heterocycles. The summed E-state index contributed by atoms with van der Waals surface area (Å²) in [6.45, 7) is 4.21. The molecule has 0 aliphatic heterocycles. The summed E-state index contributed by atoms with van der Waals surface area (Å²) >= 11 is 0. The molecule has 2 heteroatoms. The maximum Gasteiger partial charge on any atom is 0.101 e. The third kappa shape index (κ3) is 3.48. The molecule has 0 aliphatic carbocycles. The maximum atomic E-state index is 5.41. The lowest BCUT2D eigenvalue weighted by atomic mass is 9.98. The first-order chi connectivity index (χ1) is 9.24. The second kappa shape index (κ2) is 6.58. The Hall–Kier alpha value is -1.54. The Morgan fingerprint density at radius 1 is 1.16 bits per heavy atom. The predicted octanol–water partition coefficient (Wildman–Crippen LogP) is 4.24. The highest BCUT2D eigenvalue weighted by Gasteiger charge is 2.13. The van der Waals surface area contributed by atoms with Gasteiger partial charge in [-0.3, -0.25) is 0 Å². The average Bonchev–Trinajstić information content (AvgIpc) is 2.85. The summed E-state index contributed by atoms with van der Waals surface area (Å²) in [4.78, 5) is 0. The van der Waals surface area contributed by atoms with E-state index >= 15 is 0 Å². The van der Waals surface area contributed by atoms with Gasteiger partial charge >= 0.3 is 0 Å². The standard InChI is InChI=1S/C17H23NO/c1-4-5-6-14-7-9-15(10-8-14)17(18-3)16-11-13(2)19-12-16/h7-12,17-18H,4-6H2,1-3H3. The molecule has 0 amide bonds. The number of benzene rings is 1. The van der Waals surface area contributed by atoms with E-state index in [4.69, 9.17) is 4.42 Å². The molecule has 0 saturated heterocycles. The van der Waals surface area contributed by atoms with E-state index in [0.717, 1.165) is 5.76 Å². The van der Waals surface area contributed by atoms with Crippen molar-refractivity contribution in [1.82, 2.24) is 5.32 Å². The molecule has 2 aromatic rings. The maximum absolute atomic E-state index is 5.41. The number of furan rings is 1. The molecule has 0 saturated carbocycles. The summed E-state index contributed by atoms with van der Waals surface area (Å²) < 4.78 is 5.41. The van der Waals surface area contributed by atoms with Gasteiger partial charge in [-0.15, -0.1) is 0 Å². The fourth-order valence-corrected chi connectivity index (χ4v) is 2.40. The highest BCUT2D eigenvalue weighted by molar-refractivity contribution is 5.32. The Labute approximate surface area is 115 Å². The van der Waals surface area contributed by atoms with Gasteiger partial charge in [0.15, 0.2) is 0 Å². The molecule has 1 unspecified atom stereocenters. The van der Waals surface area contributed by atoms with Crippen molar-refractivity contribution in [3.63, 3.8) is 0 Å². The Balaban J connectivity index is 2.15. The molecule has 1 aromatic heterocycles. The van der Waals surface area contributed by atoms with E-state index in [9.17, 15) is 0 Å². The van der Waals surface area contributed by atoms with Gasteiger partial charge in [-0.05, 0) is 44.0 Å². The molecular formula is C17H23NO. The van der Waals surface area contributed by atoms with Crippen molar-refractivity contribution in [1.29, 1.82) is 0 Å².